The van der Waals surface area contributed by atoms with E-state index in [1.54, 1.807) is 0 Å². The van der Waals surface area contributed by atoms with E-state index >= 15 is 0 Å². The summed E-state index contributed by atoms with van der Waals surface area (Å²) in [5.41, 5.74) is 0. The van der Waals surface area contributed by atoms with Gasteiger partial charge in [0.05, 0.1) is 18.8 Å². The van der Waals surface area contributed by atoms with Crippen LogP contribution in [0, 0.1) is 0 Å². The molecule has 0 bridgehead atoms. The Bertz CT molecular complexity index is 1330. The van der Waals surface area contributed by atoms with E-state index in [0.717, 1.165) is 51.4 Å². The van der Waals surface area contributed by atoms with E-state index in [0.29, 0.717) is 19.3 Å². The first-order valence-electron chi connectivity index (χ1n) is 38.4. The van der Waals surface area contributed by atoms with Crippen LogP contribution in [-0.4, -0.2) is 57.3 Å². The van der Waals surface area contributed by atoms with E-state index in [9.17, 15) is 25.2 Å². The lowest BCUT2D eigenvalue weighted by Crippen LogP contribution is -2.53. The van der Waals surface area contributed by atoms with Crippen LogP contribution in [0.3, 0.4) is 0 Å². The number of rotatable bonds is 72. The fourth-order valence-electron chi connectivity index (χ4n) is 12.4. The van der Waals surface area contributed by atoms with E-state index in [1.165, 1.54) is 340 Å². The Morgan fingerprint density at radius 1 is 0.286 bits per heavy atom. The second-order valence-electron chi connectivity index (χ2n) is 26.7. The first-order valence-corrected chi connectivity index (χ1v) is 38.4. The topological polar surface area (TPSA) is 110 Å². The molecular weight excluding hydrogens is 1030 g/mol. The highest BCUT2D eigenvalue weighted by atomic mass is 16.3. The summed E-state index contributed by atoms with van der Waals surface area (Å²) in [6, 6.07) is -1.01. The Kier molecular flexibility index (Phi) is 71.0. The normalized spacial score (nSPS) is 13.5. The third-order valence-electron chi connectivity index (χ3n) is 18.3. The Morgan fingerprint density at radius 3 is 0.750 bits per heavy atom. The highest BCUT2D eigenvalue weighted by Gasteiger charge is 2.28. The molecular formula is C78H151NO5. The highest BCUT2D eigenvalue weighted by Crippen LogP contribution is 2.20. The number of carbonyl (C=O) groups excluding carboxylic acids is 1. The molecule has 6 nitrogen and oxygen atoms in total. The summed E-state index contributed by atoms with van der Waals surface area (Å²) in [7, 11) is 0. The molecule has 498 valence electrons. The number of aliphatic hydroxyl groups excluding tert-OH is 4. The van der Waals surface area contributed by atoms with Crippen molar-refractivity contribution >= 4 is 5.91 Å². The summed E-state index contributed by atoms with van der Waals surface area (Å²) in [5.74, 6) is -0.591. The van der Waals surface area contributed by atoms with E-state index in [2.05, 4.69) is 55.6 Å². The standard InChI is InChI=1S/C78H151NO5/c1-3-5-7-9-11-13-15-17-19-21-23-25-27-29-31-33-35-37-38-39-40-42-44-46-48-50-52-54-56-58-60-62-64-66-68-70-72-76(82)78(84)79-74(73-80)77(83)75(81)71-69-67-65-63-61-59-57-55-53-51-49-47-45-43-41-36-34-32-30-28-26-24-22-20-18-16-14-12-10-8-6-4-2/h47,49,55,57,63,65,74-77,80-83H,3-46,48,50-54,56,58-62,64,66-73H2,1-2H3,(H,79,84)/b49-47+,57-55+,65-63+. The van der Waals surface area contributed by atoms with Gasteiger partial charge in [-0.2, -0.15) is 0 Å². The van der Waals surface area contributed by atoms with Gasteiger partial charge in [0.1, 0.15) is 12.2 Å². The van der Waals surface area contributed by atoms with Crippen molar-refractivity contribution in [2.45, 2.75) is 449 Å². The number of amides is 1. The van der Waals surface area contributed by atoms with Crippen molar-refractivity contribution < 1.29 is 25.2 Å². The van der Waals surface area contributed by atoms with Crippen LogP contribution in [0.4, 0.5) is 0 Å². The molecule has 0 saturated carbocycles. The Morgan fingerprint density at radius 2 is 0.500 bits per heavy atom. The number of hydrogen-bond acceptors (Lipinski definition) is 5. The molecule has 1 amide bonds. The molecule has 6 heteroatoms. The van der Waals surface area contributed by atoms with Crippen LogP contribution in [0.15, 0.2) is 36.5 Å². The molecule has 0 aliphatic carbocycles. The van der Waals surface area contributed by atoms with Crippen molar-refractivity contribution in [1.82, 2.24) is 5.32 Å². The molecule has 0 heterocycles. The van der Waals surface area contributed by atoms with E-state index in [4.69, 9.17) is 0 Å². The molecule has 0 radical (unpaired) electrons. The van der Waals surface area contributed by atoms with Crippen molar-refractivity contribution in [2.24, 2.45) is 0 Å². The zero-order valence-corrected chi connectivity index (χ0v) is 56.9. The lowest BCUT2D eigenvalue weighted by atomic mass is 10.00. The van der Waals surface area contributed by atoms with Gasteiger partial charge in [-0.15, -0.1) is 0 Å². The monoisotopic (exact) mass is 1180 g/mol. The van der Waals surface area contributed by atoms with E-state index in [-0.39, 0.29) is 0 Å². The maximum absolute atomic E-state index is 12.7. The smallest absolute Gasteiger partial charge is 0.249 e. The van der Waals surface area contributed by atoms with Gasteiger partial charge in [0.15, 0.2) is 0 Å². The molecule has 4 atom stereocenters. The number of allylic oxidation sites excluding steroid dienone is 6. The molecule has 0 aromatic carbocycles. The minimum Gasteiger partial charge on any atom is -0.394 e. The fraction of sp³-hybridized carbons (Fsp3) is 0.910. The van der Waals surface area contributed by atoms with Gasteiger partial charge in [-0.05, 0) is 64.2 Å². The molecule has 84 heavy (non-hydrogen) atoms. The third kappa shape index (κ3) is 65.0. The van der Waals surface area contributed by atoms with Gasteiger partial charge in [-0.1, -0.05) is 397 Å². The Hall–Kier alpha value is -1.47. The van der Waals surface area contributed by atoms with Crippen LogP contribution < -0.4 is 5.32 Å². The first-order chi connectivity index (χ1) is 41.5. The zero-order chi connectivity index (χ0) is 60.8. The van der Waals surface area contributed by atoms with Crippen molar-refractivity contribution in [3.05, 3.63) is 36.5 Å². The number of nitrogens with one attached hydrogen (secondary N) is 1. The first kappa shape index (κ1) is 82.5. The molecule has 4 unspecified atom stereocenters. The molecule has 0 rings (SSSR count). The predicted octanol–water partition coefficient (Wildman–Crippen LogP) is 24.2. The third-order valence-corrected chi connectivity index (χ3v) is 18.3. The number of carbonyl (C=O) groups is 1. The minimum absolute atomic E-state index is 0.363. The molecule has 0 aromatic rings. The van der Waals surface area contributed by atoms with Gasteiger partial charge in [0, 0.05) is 0 Å². The lowest BCUT2D eigenvalue weighted by molar-refractivity contribution is -0.132. The zero-order valence-electron chi connectivity index (χ0n) is 56.9. The average Bonchev–Trinajstić information content (AvgIpc) is 3.55. The minimum atomic E-state index is -1.30. The van der Waals surface area contributed by atoms with Crippen LogP contribution in [0.2, 0.25) is 0 Å². The average molecular weight is 1180 g/mol. The second kappa shape index (κ2) is 72.3. The summed E-state index contributed by atoms with van der Waals surface area (Å²) < 4.78 is 0. The molecule has 0 aromatic heterocycles. The Balaban J connectivity index is 3.56. The van der Waals surface area contributed by atoms with Gasteiger partial charge in [0.2, 0.25) is 5.91 Å². The van der Waals surface area contributed by atoms with Crippen LogP contribution in [0.5, 0.6) is 0 Å². The summed E-state index contributed by atoms with van der Waals surface area (Å²) in [5, 5.41) is 44.3. The summed E-state index contributed by atoms with van der Waals surface area (Å²) in [4.78, 5) is 12.7. The van der Waals surface area contributed by atoms with Crippen LogP contribution >= 0.6 is 0 Å². The fourth-order valence-corrected chi connectivity index (χ4v) is 12.4. The van der Waals surface area contributed by atoms with Crippen LogP contribution in [0.1, 0.15) is 425 Å². The number of unbranched alkanes of at least 4 members (excludes halogenated alkanes) is 57. The van der Waals surface area contributed by atoms with Gasteiger partial charge >= 0.3 is 0 Å². The number of hydrogen-bond donors (Lipinski definition) is 5. The largest absolute Gasteiger partial charge is 0.394 e. The van der Waals surface area contributed by atoms with E-state index < -0.39 is 36.9 Å². The highest BCUT2D eigenvalue weighted by molar-refractivity contribution is 5.80. The molecule has 0 aliphatic heterocycles. The van der Waals surface area contributed by atoms with Gasteiger partial charge < -0.3 is 25.7 Å². The Labute approximate surface area is 526 Å². The molecule has 0 saturated heterocycles. The summed E-state index contributed by atoms with van der Waals surface area (Å²) in [6.07, 6.45) is 94.6. The van der Waals surface area contributed by atoms with Gasteiger partial charge in [-0.25, -0.2) is 0 Å². The van der Waals surface area contributed by atoms with Gasteiger partial charge in [0.25, 0.3) is 0 Å². The number of aliphatic hydroxyl groups is 4. The quantitative estimate of drug-likeness (QED) is 0.0308. The lowest BCUT2D eigenvalue weighted by Gasteiger charge is -2.27. The predicted molar refractivity (Wildman–Crippen MR) is 371 cm³/mol. The van der Waals surface area contributed by atoms with E-state index in [1.807, 2.05) is 0 Å². The van der Waals surface area contributed by atoms with Gasteiger partial charge in [-0.3, -0.25) is 4.79 Å². The summed E-state index contributed by atoms with van der Waals surface area (Å²) >= 11 is 0. The molecule has 0 spiro atoms. The molecule has 0 fully saturated rings. The summed E-state index contributed by atoms with van der Waals surface area (Å²) in [6.45, 7) is 4.10. The van der Waals surface area contributed by atoms with Crippen molar-refractivity contribution in [3.63, 3.8) is 0 Å². The van der Waals surface area contributed by atoms with Crippen molar-refractivity contribution in [3.8, 4) is 0 Å². The second-order valence-corrected chi connectivity index (χ2v) is 26.7. The molecule has 0 aliphatic rings. The maximum atomic E-state index is 12.7. The molecule has 5 N–H and O–H groups in total. The SMILES string of the molecule is CCCCCCCCCCCCCCCCCCCCC/C=C/CC/C=C/CC/C=C/CCCC(O)C(O)C(CO)NC(=O)C(O)CCCCCCCCCCCCCCCCCCCCCCCCCCCCCCCCCCCCCC. The van der Waals surface area contributed by atoms with Crippen molar-refractivity contribution in [2.75, 3.05) is 6.61 Å². The maximum Gasteiger partial charge on any atom is 0.249 e. The van der Waals surface area contributed by atoms with Crippen LogP contribution in [0.25, 0.3) is 0 Å². The van der Waals surface area contributed by atoms with Crippen molar-refractivity contribution in [1.29, 1.82) is 0 Å². The van der Waals surface area contributed by atoms with Crippen LogP contribution in [-0.2, 0) is 4.79 Å².